The molecule has 0 aliphatic heterocycles. The number of aromatic nitrogens is 2. The molecule has 0 bridgehead atoms. The molecule has 0 radical (unpaired) electrons. The Balaban J connectivity index is 2.92. The molecule has 0 saturated carbocycles. The maximum absolute atomic E-state index is 10.5. The Kier molecular flexibility index (Phi) is 1.77. The number of nitrogens with one attached hydrogen (secondary N) is 1. The van der Waals surface area contributed by atoms with Gasteiger partial charge in [-0.3, -0.25) is 14.6 Å². The van der Waals surface area contributed by atoms with Crippen molar-refractivity contribution < 1.29 is 5.11 Å². The standard InChI is InChI=1S/C5H9N3O2/c6-4-3-5(10)7-8(4)1-2-9/h3,9H,1-2,6H2,(H,7,10). The monoisotopic (exact) mass is 143 g/mol. The van der Waals surface area contributed by atoms with Gasteiger partial charge < -0.3 is 10.8 Å². The van der Waals surface area contributed by atoms with Crippen molar-refractivity contribution in [3.8, 4) is 0 Å². The van der Waals surface area contributed by atoms with Crippen LogP contribution in [-0.4, -0.2) is 21.5 Å². The number of rotatable bonds is 2. The van der Waals surface area contributed by atoms with E-state index in [1.165, 1.54) is 10.7 Å². The molecule has 0 saturated heterocycles. The van der Waals surface area contributed by atoms with Crippen LogP contribution >= 0.6 is 0 Å². The summed E-state index contributed by atoms with van der Waals surface area (Å²) in [5, 5.41) is 10.9. The van der Waals surface area contributed by atoms with Gasteiger partial charge in [0, 0.05) is 6.07 Å². The molecule has 0 aromatic carbocycles. The summed E-state index contributed by atoms with van der Waals surface area (Å²) in [7, 11) is 0. The number of hydrogen-bond donors (Lipinski definition) is 3. The highest BCUT2D eigenvalue weighted by Gasteiger charge is 1.96. The second kappa shape index (κ2) is 2.57. The number of nitrogens with zero attached hydrogens (tertiary/aromatic N) is 1. The minimum Gasteiger partial charge on any atom is -0.394 e. The smallest absolute Gasteiger partial charge is 0.266 e. The third kappa shape index (κ3) is 1.19. The summed E-state index contributed by atoms with van der Waals surface area (Å²) < 4.78 is 1.39. The van der Waals surface area contributed by atoms with Crippen LogP contribution in [0.25, 0.3) is 0 Å². The molecule has 5 heteroatoms. The number of aliphatic hydroxyl groups excluding tert-OH is 1. The maximum atomic E-state index is 10.5. The topological polar surface area (TPSA) is 84.0 Å². The third-order valence-corrected chi connectivity index (χ3v) is 1.16. The Bertz CT molecular complexity index is 262. The minimum atomic E-state index is -0.244. The maximum Gasteiger partial charge on any atom is 0.266 e. The second-order valence-corrected chi connectivity index (χ2v) is 1.92. The Hall–Kier alpha value is -1.23. The molecule has 0 aliphatic carbocycles. The van der Waals surface area contributed by atoms with Crippen molar-refractivity contribution in [3.63, 3.8) is 0 Å². The molecule has 56 valence electrons. The molecule has 10 heavy (non-hydrogen) atoms. The number of aliphatic hydroxyl groups is 1. The van der Waals surface area contributed by atoms with Gasteiger partial charge in [0.05, 0.1) is 13.2 Å². The lowest BCUT2D eigenvalue weighted by Crippen LogP contribution is -2.09. The average molecular weight is 143 g/mol. The van der Waals surface area contributed by atoms with Crippen molar-refractivity contribution >= 4 is 5.82 Å². The molecular formula is C5H9N3O2. The van der Waals surface area contributed by atoms with Crippen LogP contribution in [0.15, 0.2) is 10.9 Å². The first-order valence-electron chi connectivity index (χ1n) is 2.90. The largest absolute Gasteiger partial charge is 0.394 e. The first-order valence-corrected chi connectivity index (χ1v) is 2.90. The van der Waals surface area contributed by atoms with Crippen LogP contribution in [0.3, 0.4) is 0 Å². The van der Waals surface area contributed by atoms with Gasteiger partial charge in [-0.15, -0.1) is 0 Å². The quantitative estimate of drug-likeness (QED) is 0.483. The summed E-state index contributed by atoms with van der Waals surface area (Å²) in [6.45, 7) is 0.295. The van der Waals surface area contributed by atoms with Crippen molar-refractivity contribution in [2.24, 2.45) is 0 Å². The highest BCUT2D eigenvalue weighted by Crippen LogP contribution is 1.93. The summed E-state index contributed by atoms with van der Waals surface area (Å²) in [6, 6.07) is 1.27. The Morgan fingerprint density at radius 1 is 1.80 bits per heavy atom. The molecule has 0 fully saturated rings. The molecule has 1 heterocycles. The van der Waals surface area contributed by atoms with Crippen LogP contribution in [0, 0.1) is 0 Å². The molecule has 0 atom stereocenters. The highest BCUT2D eigenvalue weighted by atomic mass is 16.3. The van der Waals surface area contributed by atoms with Crippen LogP contribution in [0.2, 0.25) is 0 Å². The Morgan fingerprint density at radius 2 is 2.50 bits per heavy atom. The van der Waals surface area contributed by atoms with Gasteiger partial charge in [-0.25, -0.2) is 0 Å². The second-order valence-electron chi connectivity index (χ2n) is 1.92. The van der Waals surface area contributed by atoms with Gasteiger partial charge in [0.25, 0.3) is 5.56 Å². The third-order valence-electron chi connectivity index (χ3n) is 1.16. The molecule has 0 spiro atoms. The fourth-order valence-electron chi connectivity index (χ4n) is 0.727. The van der Waals surface area contributed by atoms with Crippen molar-refractivity contribution in [2.75, 3.05) is 12.3 Å². The zero-order valence-electron chi connectivity index (χ0n) is 5.37. The number of nitrogen functional groups attached to an aromatic ring is 1. The van der Waals surface area contributed by atoms with Crippen molar-refractivity contribution in [3.05, 3.63) is 16.4 Å². The summed E-state index contributed by atoms with van der Waals surface area (Å²) in [4.78, 5) is 10.5. The molecule has 1 rings (SSSR count). The van der Waals surface area contributed by atoms with Crippen LogP contribution in [0.5, 0.6) is 0 Å². The van der Waals surface area contributed by atoms with E-state index >= 15 is 0 Å². The number of aromatic amines is 1. The van der Waals surface area contributed by atoms with Crippen molar-refractivity contribution in [1.29, 1.82) is 0 Å². The summed E-state index contributed by atoms with van der Waals surface area (Å²) >= 11 is 0. The van der Waals surface area contributed by atoms with Gasteiger partial charge in [0.2, 0.25) is 0 Å². The lowest BCUT2D eigenvalue weighted by molar-refractivity contribution is 0.270. The van der Waals surface area contributed by atoms with Crippen LogP contribution in [-0.2, 0) is 6.54 Å². The molecular weight excluding hydrogens is 134 g/mol. The molecule has 0 aliphatic rings. The Labute approximate surface area is 57.1 Å². The predicted molar refractivity (Wildman–Crippen MR) is 36.6 cm³/mol. The first-order chi connectivity index (χ1) is 4.74. The summed E-state index contributed by atoms with van der Waals surface area (Å²) in [6.07, 6.45) is 0. The fourth-order valence-corrected chi connectivity index (χ4v) is 0.727. The van der Waals surface area contributed by atoms with E-state index in [0.717, 1.165) is 0 Å². The zero-order chi connectivity index (χ0) is 7.56. The molecule has 1 aromatic heterocycles. The van der Waals surface area contributed by atoms with Gasteiger partial charge in [-0.1, -0.05) is 0 Å². The van der Waals surface area contributed by atoms with E-state index < -0.39 is 0 Å². The number of nitrogens with two attached hydrogens (primary N) is 1. The van der Waals surface area contributed by atoms with E-state index in [-0.39, 0.29) is 12.2 Å². The summed E-state index contributed by atoms with van der Waals surface area (Å²) in [5.74, 6) is 0.346. The molecule has 0 unspecified atom stereocenters. The van der Waals surface area contributed by atoms with Crippen LogP contribution in [0.1, 0.15) is 0 Å². The van der Waals surface area contributed by atoms with E-state index in [1.807, 2.05) is 0 Å². The van der Waals surface area contributed by atoms with Gasteiger partial charge in [0.1, 0.15) is 5.82 Å². The summed E-state index contributed by atoms with van der Waals surface area (Å²) in [5.41, 5.74) is 5.10. The minimum absolute atomic E-state index is 0.0329. The predicted octanol–water partition coefficient (Wildman–Crippen LogP) is -1.25. The van der Waals surface area contributed by atoms with E-state index in [4.69, 9.17) is 10.8 Å². The van der Waals surface area contributed by atoms with Gasteiger partial charge in [-0.05, 0) is 0 Å². The molecule has 1 aromatic rings. The van der Waals surface area contributed by atoms with E-state index in [1.54, 1.807) is 0 Å². The highest BCUT2D eigenvalue weighted by molar-refractivity contribution is 5.25. The Morgan fingerprint density at radius 3 is 2.90 bits per heavy atom. The molecule has 4 N–H and O–H groups in total. The normalized spacial score (nSPS) is 10.1. The van der Waals surface area contributed by atoms with Crippen molar-refractivity contribution in [1.82, 2.24) is 9.78 Å². The van der Waals surface area contributed by atoms with E-state index in [2.05, 4.69) is 5.10 Å². The fraction of sp³-hybridized carbons (Fsp3) is 0.400. The molecule has 0 amide bonds. The number of hydrogen-bond acceptors (Lipinski definition) is 3. The molecule has 5 nitrogen and oxygen atoms in total. The first kappa shape index (κ1) is 6.88. The number of anilines is 1. The zero-order valence-corrected chi connectivity index (χ0v) is 5.37. The van der Waals surface area contributed by atoms with Gasteiger partial charge >= 0.3 is 0 Å². The SMILES string of the molecule is Nc1cc(=O)[nH]n1CCO. The van der Waals surface area contributed by atoms with E-state index in [0.29, 0.717) is 12.4 Å². The lowest BCUT2D eigenvalue weighted by atomic mass is 10.6. The van der Waals surface area contributed by atoms with Crippen LogP contribution < -0.4 is 11.3 Å². The van der Waals surface area contributed by atoms with Gasteiger partial charge in [-0.2, -0.15) is 0 Å². The number of H-pyrrole nitrogens is 1. The van der Waals surface area contributed by atoms with E-state index in [9.17, 15) is 4.79 Å². The average Bonchev–Trinajstić information content (AvgIpc) is 2.13. The lowest BCUT2D eigenvalue weighted by Gasteiger charge is -1.99. The van der Waals surface area contributed by atoms with Crippen molar-refractivity contribution in [2.45, 2.75) is 6.54 Å². The van der Waals surface area contributed by atoms with Crippen LogP contribution in [0.4, 0.5) is 5.82 Å². The van der Waals surface area contributed by atoms with Gasteiger partial charge in [0.15, 0.2) is 0 Å².